The number of aromatic carboxylic acids is 1. The molecule has 0 unspecified atom stereocenters. The molecule has 2 nitrogen and oxygen atoms in total. The van der Waals surface area contributed by atoms with Crippen LogP contribution in [0.15, 0.2) is 30.3 Å². The van der Waals surface area contributed by atoms with Gasteiger partial charge < -0.3 is 16.9 Å². The van der Waals surface area contributed by atoms with Crippen molar-refractivity contribution < 1.29 is 26.4 Å². The zero-order valence-corrected chi connectivity index (χ0v) is 13.0. The Morgan fingerprint density at radius 1 is 0.889 bits per heavy atom. The summed E-state index contributed by atoms with van der Waals surface area (Å²) >= 11 is 0. The number of benzene rings is 1. The largest absolute Gasteiger partial charge is 2.00 e. The van der Waals surface area contributed by atoms with Gasteiger partial charge >= 0.3 is 22.5 Å². The van der Waals surface area contributed by atoms with Gasteiger partial charge in [-0.25, -0.2) is 4.79 Å². The topological polar surface area (TPSA) is 37.3 Å². The van der Waals surface area contributed by atoms with E-state index in [4.69, 9.17) is 5.11 Å². The van der Waals surface area contributed by atoms with Crippen LogP contribution >= 0.6 is 0 Å². The second kappa shape index (κ2) is 14.2. The molecule has 1 rings (SSSR count). The summed E-state index contributed by atoms with van der Waals surface area (Å²) < 4.78 is 0. The van der Waals surface area contributed by atoms with Crippen molar-refractivity contribution >= 4 is 5.97 Å². The molecule has 0 amide bonds. The second-order valence-corrected chi connectivity index (χ2v) is 4.67. The Labute approximate surface area is 122 Å². The first-order valence-corrected chi connectivity index (χ1v) is 5.59. The average molecular weight is 295 g/mol. The van der Waals surface area contributed by atoms with Gasteiger partial charge in [-0.05, 0) is 12.1 Å². The van der Waals surface area contributed by atoms with Crippen LogP contribution in [0.5, 0.6) is 0 Å². The minimum absolute atomic E-state index is 0. The molecule has 1 aromatic rings. The summed E-state index contributed by atoms with van der Waals surface area (Å²) in [7, 11) is 0. The second-order valence-electron chi connectivity index (χ2n) is 4.67. The maximum absolute atomic E-state index is 10.2. The van der Waals surface area contributed by atoms with Crippen LogP contribution in [-0.4, -0.2) is 11.1 Å². The Morgan fingerprint density at radius 2 is 1.17 bits per heavy atom. The van der Waals surface area contributed by atoms with E-state index in [0.717, 1.165) is 0 Å². The summed E-state index contributed by atoms with van der Waals surface area (Å²) in [6.07, 6.45) is 0. The molecule has 0 aliphatic rings. The molecule has 0 atom stereocenters. The molecule has 0 fully saturated rings. The average Bonchev–Trinajstić information content (AvgIpc) is 2.17. The SMILES string of the molecule is C[C-](C)C.C[C-](C)C.O=C(O)c1ccccc1.[Ni+2]. The van der Waals surface area contributed by atoms with Gasteiger partial charge in [-0.3, -0.25) is 0 Å². The number of carboxylic acid groups (broad SMARTS) is 1. The summed E-state index contributed by atoms with van der Waals surface area (Å²) in [6, 6.07) is 8.30. The van der Waals surface area contributed by atoms with E-state index in [0.29, 0.717) is 5.56 Å². The number of hydrogen-bond donors (Lipinski definition) is 1. The fraction of sp³-hybridized carbons (Fsp3) is 0.400. The van der Waals surface area contributed by atoms with Gasteiger partial charge in [0, 0.05) is 0 Å². The van der Waals surface area contributed by atoms with Crippen LogP contribution in [0.4, 0.5) is 0 Å². The van der Waals surface area contributed by atoms with Crippen molar-refractivity contribution in [1.29, 1.82) is 0 Å². The van der Waals surface area contributed by atoms with E-state index in [1.165, 1.54) is 11.8 Å². The van der Waals surface area contributed by atoms with Crippen molar-refractivity contribution in [1.82, 2.24) is 0 Å². The van der Waals surface area contributed by atoms with Crippen molar-refractivity contribution in [3.63, 3.8) is 0 Å². The Kier molecular flexibility index (Phi) is 17.7. The Bertz CT molecular complexity index is 270. The molecule has 0 aliphatic carbocycles. The van der Waals surface area contributed by atoms with Gasteiger partial charge in [-0.2, -0.15) is 41.5 Å². The monoisotopic (exact) mass is 294 g/mol. The maximum Gasteiger partial charge on any atom is 2.00 e. The quantitative estimate of drug-likeness (QED) is 0.606. The van der Waals surface area contributed by atoms with Gasteiger partial charge in [0.05, 0.1) is 5.56 Å². The van der Waals surface area contributed by atoms with Crippen LogP contribution in [0, 0.1) is 11.8 Å². The van der Waals surface area contributed by atoms with E-state index in [1.807, 2.05) is 0 Å². The molecule has 18 heavy (non-hydrogen) atoms. The van der Waals surface area contributed by atoms with Crippen molar-refractivity contribution in [2.75, 3.05) is 0 Å². The Morgan fingerprint density at radius 3 is 1.33 bits per heavy atom. The molecule has 0 saturated carbocycles. The van der Waals surface area contributed by atoms with E-state index in [1.54, 1.807) is 30.3 Å². The number of hydrogen-bond acceptors (Lipinski definition) is 1. The van der Waals surface area contributed by atoms with E-state index in [-0.39, 0.29) is 16.5 Å². The third-order valence-corrected chi connectivity index (χ3v) is 1.02. The minimum atomic E-state index is -0.879. The molecule has 0 spiro atoms. The molecule has 3 heteroatoms. The van der Waals surface area contributed by atoms with Crippen LogP contribution in [0.25, 0.3) is 0 Å². The summed E-state index contributed by atoms with van der Waals surface area (Å²) in [4.78, 5) is 10.2. The molecular weight excluding hydrogens is 271 g/mol. The predicted octanol–water partition coefficient (Wildman–Crippen LogP) is 4.62. The van der Waals surface area contributed by atoms with Gasteiger partial charge in [-0.15, -0.1) is 0 Å². The van der Waals surface area contributed by atoms with Crippen molar-refractivity contribution in [2.45, 2.75) is 41.5 Å². The first-order chi connectivity index (χ1) is 7.77. The zero-order chi connectivity index (χ0) is 13.8. The summed E-state index contributed by atoms with van der Waals surface area (Å²) in [5.74, 6) is 1.95. The first kappa shape index (κ1) is 22.4. The third kappa shape index (κ3) is 24.4. The molecule has 0 aliphatic heterocycles. The normalized spacial score (nSPS) is 8.44. The molecule has 106 valence electrons. The molecule has 0 radical (unpaired) electrons. The Hall–Kier alpha value is -0.816. The molecule has 1 N–H and O–H groups in total. The number of carboxylic acids is 1. The van der Waals surface area contributed by atoms with Gasteiger partial charge in [0.15, 0.2) is 0 Å². The first-order valence-electron chi connectivity index (χ1n) is 5.59. The summed E-state index contributed by atoms with van der Waals surface area (Å²) in [5.41, 5.74) is 0.331. The van der Waals surface area contributed by atoms with Gasteiger partial charge in [0.1, 0.15) is 0 Å². The Balaban J connectivity index is -0.000000214. The fourth-order valence-corrected chi connectivity index (χ4v) is 0.581. The zero-order valence-electron chi connectivity index (χ0n) is 12.1. The van der Waals surface area contributed by atoms with E-state index in [9.17, 15) is 4.79 Å². The summed E-state index contributed by atoms with van der Waals surface area (Å²) in [6.45, 7) is 12.5. The van der Waals surface area contributed by atoms with Gasteiger partial charge in [0.2, 0.25) is 0 Å². The van der Waals surface area contributed by atoms with Crippen molar-refractivity contribution in [3.8, 4) is 0 Å². The van der Waals surface area contributed by atoms with Crippen LogP contribution in [0.2, 0.25) is 0 Å². The molecule has 0 bridgehead atoms. The molecule has 1 aromatic carbocycles. The van der Waals surface area contributed by atoms with Crippen LogP contribution in [0.1, 0.15) is 51.9 Å². The molecule has 0 saturated heterocycles. The molecule has 0 aromatic heterocycles. The minimum Gasteiger partial charge on any atom is -0.478 e. The predicted molar refractivity (Wildman–Crippen MR) is 73.9 cm³/mol. The van der Waals surface area contributed by atoms with Crippen molar-refractivity contribution in [2.24, 2.45) is 0 Å². The standard InChI is InChI=1S/C7H6O2.2C4H9.Ni/c8-7(9)6-4-2-1-3-5-6;2*1-4(2)3;/h1-5H,(H,8,9);2*1-3H3;/q;2*-1;+2. The number of carbonyl (C=O) groups is 1. The molecular formula is C15H24NiO2. The van der Waals surface area contributed by atoms with E-state index >= 15 is 0 Å². The van der Waals surface area contributed by atoms with Gasteiger partial charge in [0.25, 0.3) is 0 Å². The van der Waals surface area contributed by atoms with Crippen molar-refractivity contribution in [3.05, 3.63) is 47.7 Å². The third-order valence-electron chi connectivity index (χ3n) is 1.02. The van der Waals surface area contributed by atoms with Gasteiger partial charge in [-0.1, -0.05) is 18.2 Å². The summed E-state index contributed by atoms with van der Waals surface area (Å²) in [5, 5.41) is 8.38. The van der Waals surface area contributed by atoms with E-state index in [2.05, 4.69) is 41.5 Å². The fourth-order valence-electron chi connectivity index (χ4n) is 0.581. The van der Waals surface area contributed by atoms with Crippen LogP contribution in [0.3, 0.4) is 0 Å². The van der Waals surface area contributed by atoms with Crippen LogP contribution < -0.4 is 0 Å². The maximum atomic E-state index is 10.2. The number of rotatable bonds is 1. The smallest absolute Gasteiger partial charge is 0.478 e. The van der Waals surface area contributed by atoms with E-state index < -0.39 is 5.97 Å². The molecule has 0 heterocycles. The van der Waals surface area contributed by atoms with Crippen LogP contribution in [-0.2, 0) is 16.5 Å².